The number of nitrogens with zero attached hydrogens (tertiary/aromatic N) is 6. The Morgan fingerprint density at radius 1 is 0.882 bits per heavy atom. The van der Waals surface area contributed by atoms with E-state index in [9.17, 15) is 19.2 Å². The molecule has 8 heterocycles. The van der Waals surface area contributed by atoms with Crippen LogP contribution in [0.1, 0.15) is 127 Å². The number of fused-ring (bicyclic) bond motifs is 5. The van der Waals surface area contributed by atoms with Crippen LogP contribution in [0.15, 0.2) is 55.0 Å². The third-order valence-corrected chi connectivity index (χ3v) is 16.8. The van der Waals surface area contributed by atoms with Crippen molar-refractivity contribution in [1.29, 1.82) is 0 Å². The van der Waals surface area contributed by atoms with E-state index in [0.29, 0.717) is 84.7 Å². The van der Waals surface area contributed by atoms with Crippen molar-refractivity contribution in [2.24, 2.45) is 23.7 Å². The summed E-state index contributed by atoms with van der Waals surface area (Å²) in [5, 5.41) is 7.42. The number of nitrogens with one attached hydrogen (secondary N) is 4. The Bertz CT molecular complexity index is 3160. The third kappa shape index (κ3) is 10.0. The molecule has 0 saturated carbocycles. The van der Waals surface area contributed by atoms with Crippen LogP contribution < -0.4 is 15.4 Å². The van der Waals surface area contributed by atoms with Crippen LogP contribution in [-0.2, 0) is 30.2 Å². The minimum Gasteiger partial charge on any atom is -0.464 e. The summed E-state index contributed by atoms with van der Waals surface area (Å²) < 4.78 is 41.8. The molecule has 404 valence electrons. The molecule has 10 rings (SSSR count). The number of hydrogen-bond acceptors (Lipinski definition) is 12. The quantitative estimate of drug-likeness (QED) is 0.0855. The van der Waals surface area contributed by atoms with E-state index in [4.69, 9.17) is 33.9 Å². The number of H-pyrrole nitrogens is 2. The second kappa shape index (κ2) is 21.0. The van der Waals surface area contributed by atoms with Crippen LogP contribution in [0, 0.1) is 29.5 Å². The standard InChI is InChI=1S/C56H69FN10O8S/c1-28(2)18-45-58-27-44(76-45)53-67-39-14-13-32(37-25-60-50(61-37)42-19-30(5)31(6)66(42)52(69)48(64-55(71)73-10)33-15-17-74-56(7,8)24-33)20-35(39)22-41(67)46-36(57)21-34(23-43(46)75-53)38-26-59-49(62-38)40-12-11-16-65(40)51(68)47(29(3)4)63-54(70)72-9/h13-14,20-23,25-31,33,40,42,47-48,53H,11-12,15-19,24H2,1-10H3,(H,59,62)(H,60,61)(H,63,70)(H,64,71)/t30?,31-,33?,40+,42+,47+,48?,53?/m1/s1. The zero-order chi connectivity index (χ0) is 53.9. The van der Waals surface area contributed by atoms with Crippen LogP contribution in [0.3, 0.4) is 0 Å². The van der Waals surface area contributed by atoms with Gasteiger partial charge in [0.1, 0.15) is 35.3 Å². The second-order valence-corrected chi connectivity index (χ2v) is 23.5. The zero-order valence-corrected chi connectivity index (χ0v) is 45.7. The van der Waals surface area contributed by atoms with Crippen molar-refractivity contribution >= 4 is 46.2 Å². The highest BCUT2D eigenvalue weighted by molar-refractivity contribution is 7.11. The smallest absolute Gasteiger partial charge is 0.407 e. The van der Waals surface area contributed by atoms with Gasteiger partial charge in [-0.15, -0.1) is 11.3 Å². The number of likely N-dealkylation sites (tertiary alicyclic amines) is 2. The number of methoxy groups -OCH3 is 2. The highest BCUT2D eigenvalue weighted by atomic mass is 32.1. The Morgan fingerprint density at radius 3 is 2.29 bits per heavy atom. The number of carbonyl (C=O) groups excluding carboxylic acids is 4. The van der Waals surface area contributed by atoms with E-state index in [0.717, 1.165) is 44.9 Å². The molecule has 4 aromatic heterocycles. The first-order chi connectivity index (χ1) is 36.3. The van der Waals surface area contributed by atoms with Gasteiger partial charge >= 0.3 is 12.2 Å². The van der Waals surface area contributed by atoms with E-state index >= 15 is 4.39 Å². The summed E-state index contributed by atoms with van der Waals surface area (Å²) >= 11 is 1.58. The van der Waals surface area contributed by atoms with Crippen LogP contribution in [0.5, 0.6) is 5.75 Å². The van der Waals surface area contributed by atoms with Crippen molar-refractivity contribution in [1.82, 2.24) is 49.9 Å². The van der Waals surface area contributed by atoms with E-state index in [2.05, 4.69) is 54.4 Å². The van der Waals surface area contributed by atoms with Crippen LogP contribution in [0.2, 0.25) is 0 Å². The van der Waals surface area contributed by atoms with Crippen LogP contribution in [0.4, 0.5) is 14.0 Å². The van der Waals surface area contributed by atoms with Gasteiger partial charge in [0.05, 0.1) is 82.3 Å². The highest BCUT2D eigenvalue weighted by Crippen LogP contribution is 2.49. The summed E-state index contributed by atoms with van der Waals surface area (Å²) in [5.41, 5.74) is 4.03. The molecule has 8 atom stereocenters. The number of carbonyl (C=O) groups is 4. The number of aromatic amines is 2. The zero-order valence-electron chi connectivity index (χ0n) is 44.9. The number of imidazole rings is 2. The van der Waals surface area contributed by atoms with Crippen molar-refractivity contribution in [2.75, 3.05) is 27.4 Å². The van der Waals surface area contributed by atoms with Crippen LogP contribution in [0.25, 0.3) is 44.7 Å². The molecule has 76 heavy (non-hydrogen) atoms. The molecular formula is C56H69FN10O8S. The molecule has 2 aromatic carbocycles. The molecule has 3 fully saturated rings. The number of ether oxygens (including phenoxy) is 4. The molecular weight excluding hydrogens is 992 g/mol. The Hall–Kier alpha value is -6.80. The number of amides is 4. The lowest BCUT2D eigenvalue weighted by Crippen LogP contribution is -2.56. The Morgan fingerprint density at radius 2 is 1.59 bits per heavy atom. The molecule has 4 amide bonds. The molecule has 20 heteroatoms. The van der Waals surface area contributed by atoms with E-state index in [-0.39, 0.29) is 47.7 Å². The van der Waals surface area contributed by atoms with Crippen molar-refractivity contribution in [3.63, 3.8) is 0 Å². The average molecular weight is 1060 g/mol. The first-order valence-corrected chi connectivity index (χ1v) is 27.3. The predicted molar refractivity (Wildman–Crippen MR) is 285 cm³/mol. The number of halogens is 1. The SMILES string of the molecule is COC(=O)NC(C(=O)N1[C@H](C)C(C)C[C@H]1c1ncc(-c2ccc3c(c2)cc2n3C(c3cnc(CC(C)C)s3)Oc3cc(-c4cnc([C@@H]5CCCN5C(=O)[C@@H](NC(=O)OC)C(C)C)[nH]4)cc(F)c3-2)[nH]1)C1CCOC(C)(C)C1. The van der Waals surface area contributed by atoms with Gasteiger partial charge in [-0.3, -0.25) is 14.2 Å². The van der Waals surface area contributed by atoms with Crippen molar-refractivity contribution < 1.29 is 42.5 Å². The topological polar surface area (TPSA) is 211 Å². The molecule has 4 unspecified atom stereocenters. The third-order valence-electron chi connectivity index (χ3n) is 15.8. The lowest BCUT2D eigenvalue weighted by molar-refractivity contribution is -0.141. The molecule has 0 radical (unpaired) electrons. The summed E-state index contributed by atoms with van der Waals surface area (Å²) in [6.45, 7) is 17.2. The van der Waals surface area contributed by atoms with Crippen LogP contribution in [-0.4, -0.2) is 114 Å². The van der Waals surface area contributed by atoms with Crippen LogP contribution >= 0.6 is 11.3 Å². The van der Waals surface area contributed by atoms with Gasteiger partial charge in [-0.05, 0) is 107 Å². The van der Waals surface area contributed by atoms with Gasteiger partial charge < -0.3 is 49.3 Å². The Balaban J connectivity index is 0.969. The summed E-state index contributed by atoms with van der Waals surface area (Å²) in [6, 6.07) is 8.94. The van der Waals surface area contributed by atoms with Gasteiger partial charge in [0.2, 0.25) is 18.0 Å². The molecule has 0 aliphatic carbocycles. The largest absolute Gasteiger partial charge is 0.464 e. The number of benzene rings is 2. The minimum absolute atomic E-state index is 0.127. The molecule has 4 N–H and O–H groups in total. The number of hydrogen-bond donors (Lipinski definition) is 4. The normalized spacial score (nSPS) is 22.8. The highest BCUT2D eigenvalue weighted by Gasteiger charge is 2.47. The molecule has 18 nitrogen and oxygen atoms in total. The molecule has 3 saturated heterocycles. The predicted octanol–water partition coefficient (Wildman–Crippen LogP) is 10.1. The monoisotopic (exact) mass is 1060 g/mol. The summed E-state index contributed by atoms with van der Waals surface area (Å²) in [7, 11) is 2.57. The van der Waals surface area contributed by atoms with Crippen molar-refractivity contribution in [3.05, 3.63) is 82.3 Å². The maximum Gasteiger partial charge on any atom is 0.407 e. The number of alkyl carbamates (subject to hydrolysis) is 2. The fourth-order valence-electron chi connectivity index (χ4n) is 11.8. The number of aromatic nitrogens is 6. The molecule has 6 aromatic rings. The fourth-order valence-corrected chi connectivity index (χ4v) is 12.9. The molecule has 4 aliphatic rings. The second-order valence-electron chi connectivity index (χ2n) is 22.3. The van der Waals surface area contributed by atoms with Crippen molar-refractivity contribution in [2.45, 2.75) is 136 Å². The maximum atomic E-state index is 17.1. The van der Waals surface area contributed by atoms with E-state index in [1.54, 1.807) is 28.6 Å². The van der Waals surface area contributed by atoms with Gasteiger partial charge in [0, 0.05) is 48.3 Å². The lowest BCUT2D eigenvalue weighted by Gasteiger charge is -2.41. The Kier molecular flexibility index (Phi) is 14.5. The lowest BCUT2D eigenvalue weighted by atomic mass is 9.82. The van der Waals surface area contributed by atoms with E-state index < -0.39 is 41.9 Å². The summed E-state index contributed by atoms with van der Waals surface area (Å²) in [6.07, 6.45) is 7.42. The maximum absolute atomic E-state index is 17.1. The molecule has 0 bridgehead atoms. The first kappa shape index (κ1) is 52.6. The molecule has 4 aliphatic heterocycles. The van der Waals surface area contributed by atoms with E-state index in [1.807, 2.05) is 67.6 Å². The number of rotatable bonds is 13. The van der Waals surface area contributed by atoms with E-state index in [1.165, 1.54) is 20.3 Å². The van der Waals surface area contributed by atoms with Gasteiger partial charge in [-0.2, -0.15) is 0 Å². The average Bonchev–Trinajstić information content (AvgIpc) is 4.26. The van der Waals surface area contributed by atoms with Gasteiger partial charge in [-0.1, -0.05) is 40.7 Å². The summed E-state index contributed by atoms with van der Waals surface area (Å²) in [4.78, 5) is 79.5. The van der Waals surface area contributed by atoms with Gasteiger partial charge in [0.15, 0.2) is 0 Å². The Labute approximate surface area is 445 Å². The summed E-state index contributed by atoms with van der Waals surface area (Å²) in [5.74, 6) is 0.907. The molecule has 0 spiro atoms. The minimum atomic E-state index is -0.808. The number of thiazole rings is 1. The van der Waals surface area contributed by atoms with Crippen molar-refractivity contribution in [3.8, 4) is 39.5 Å². The first-order valence-electron chi connectivity index (χ1n) is 26.5. The fraction of sp³-hybridized carbons (Fsp3) is 0.518. The van der Waals surface area contributed by atoms with Gasteiger partial charge in [-0.25, -0.2) is 28.9 Å². The van der Waals surface area contributed by atoms with Gasteiger partial charge in [0.25, 0.3) is 0 Å².